The molecule has 8 heteroatoms. The van der Waals surface area contributed by atoms with Gasteiger partial charge in [0.05, 0.1) is 23.1 Å². The van der Waals surface area contributed by atoms with E-state index in [-0.39, 0.29) is 18.0 Å². The highest BCUT2D eigenvalue weighted by Gasteiger charge is 2.20. The van der Waals surface area contributed by atoms with E-state index in [1.165, 1.54) is 0 Å². The minimum atomic E-state index is -0.271. The van der Waals surface area contributed by atoms with Crippen LogP contribution in [0.15, 0.2) is 35.1 Å². The van der Waals surface area contributed by atoms with Crippen LogP contribution in [0.1, 0.15) is 42.3 Å². The second kappa shape index (κ2) is 7.55. The third-order valence-electron chi connectivity index (χ3n) is 5.08. The van der Waals surface area contributed by atoms with Gasteiger partial charge in [-0.25, -0.2) is 4.98 Å². The van der Waals surface area contributed by atoms with Crippen LogP contribution in [0.2, 0.25) is 0 Å². The zero-order valence-corrected chi connectivity index (χ0v) is 16.1. The lowest BCUT2D eigenvalue weighted by Crippen LogP contribution is -2.30. The molecule has 1 aliphatic rings. The molecule has 0 saturated heterocycles. The summed E-state index contributed by atoms with van der Waals surface area (Å²) in [5.41, 5.74) is 1.84. The summed E-state index contributed by atoms with van der Waals surface area (Å²) in [6, 6.07) is 9.44. The minimum Gasteiger partial charge on any atom is -0.343 e. The highest BCUT2D eigenvalue weighted by molar-refractivity contribution is 5.92. The number of aromatic amines is 1. The Hall–Kier alpha value is -3.00. The maximum atomic E-state index is 12.6. The molecule has 2 N–H and O–H groups in total. The SMILES string of the molecule is CC(C)N1CCCn2nc(C(=O)NCc3nc4ccccc4c(=O)[nH]3)cc2C1. The normalized spacial score (nSPS) is 14.8. The number of hydrogen-bond acceptors (Lipinski definition) is 5. The van der Waals surface area contributed by atoms with Crippen molar-refractivity contribution < 1.29 is 4.79 Å². The first-order valence-corrected chi connectivity index (χ1v) is 9.58. The molecule has 0 radical (unpaired) electrons. The van der Waals surface area contributed by atoms with Crippen LogP contribution in [0.4, 0.5) is 0 Å². The molecule has 8 nitrogen and oxygen atoms in total. The van der Waals surface area contributed by atoms with E-state index < -0.39 is 0 Å². The number of fused-ring (bicyclic) bond motifs is 2. The maximum absolute atomic E-state index is 12.6. The second-order valence-electron chi connectivity index (χ2n) is 7.37. The van der Waals surface area contributed by atoms with Gasteiger partial charge in [0.2, 0.25) is 0 Å². The Labute approximate surface area is 162 Å². The van der Waals surface area contributed by atoms with Gasteiger partial charge in [0.1, 0.15) is 5.82 Å². The van der Waals surface area contributed by atoms with Crippen molar-refractivity contribution in [3.63, 3.8) is 0 Å². The summed E-state index contributed by atoms with van der Waals surface area (Å²) in [5.74, 6) is 0.149. The monoisotopic (exact) mass is 380 g/mol. The van der Waals surface area contributed by atoms with Crippen LogP contribution in [0.25, 0.3) is 10.9 Å². The average Bonchev–Trinajstić information content (AvgIpc) is 2.97. The van der Waals surface area contributed by atoms with Crippen LogP contribution in [-0.2, 0) is 19.6 Å². The Morgan fingerprint density at radius 2 is 2.11 bits per heavy atom. The molecule has 0 fully saturated rings. The Kier molecular flexibility index (Phi) is 4.95. The fourth-order valence-corrected chi connectivity index (χ4v) is 3.51. The molecular formula is C20H24N6O2. The Balaban J connectivity index is 1.48. The van der Waals surface area contributed by atoms with Crippen LogP contribution in [0.5, 0.6) is 0 Å². The highest BCUT2D eigenvalue weighted by Crippen LogP contribution is 2.16. The van der Waals surface area contributed by atoms with Gasteiger partial charge in [0, 0.05) is 25.7 Å². The number of benzene rings is 1. The molecule has 0 bridgehead atoms. The lowest BCUT2D eigenvalue weighted by Gasteiger charge is -2.23. The molecule has 2 aromatic heterocycles. The molecule has 0 unspecified atom stereocenters. The van der Waals surface area contributed by atoms with Gasteiger partial charge < -0.3 is 10.3 Å². The summed E-state index contributed by atoms with van der Waals surface area (Å²) in [6.45, 7) is 7.12. The van der Waals surface area contributed by atoms with Crippen molar-refractivity contribution >= 4 is 16.8 Å². The highest BCUT2D eigenvalue weighted by atomic mass is 16.2. The third-order valence-corrected chi connectivity index (χ3v) is 5.08. The zero-order chi connectivity index (χ0) is 19.7. The minimum absolute atomic E-state index is 0.138. The molecule has 0 atom stereocenters. The summed E-state index contributed by atoms with van der Waals surface area (Å²) in [7, 11) is 0. The summed E-state index contributed by atoms with van der Waals surface area (Å²) in [5, 5.41) is 7.81. The standard InChI is InChI=1S/C20H24N6O2/c1-13(2)25-8-5-9-26-14(12-25)10-17(24-26)20(28)21-11-18-22-16-7-4-3-6-15(16)19(27)23-18/h3-4,6-7,10,13H,5,8-9,11-12H2,1-2H3,(H,21,28)(H,22,23,27). The zero-order valence-electron chi connectivity index (χ0n) is 16.1. The average molecular weight is 380 g/mol. The smallest absolute Gasteiger partial charge is 0.272 e. The molecule has 1 aliphatic heterocycles. The number of hydrogen-bond donors (Lipinski definition) is 2. The van der Waals surface area contributed by atoms with Crippen LogP contribution in [0.3, 0.4) is 0 Å². The van der Waals surface area contributed by atoms with Gasteiger partial charge in [0.25, 0.3) is 11.5 Å². The van der Waals surface area contributed by atoms with E-state index in [0.29, 0.717) is 28.5 Å². The fraction of sp³-hybridized carbons (Fsp3) is 0.400. The summed E-state index contributed by atoms with van der Waals surface area (Å²) < 4.78 is 1.92. The number of carbonyl (C=O) groups is 1. The van der Waals surface area contributed by atoms with E-state index in [1.54, 1.807) is 18.2 Å². The van der Waals surface area contributed by atoms with Gasteiger partial charge in [-0.2, -0.15) is 5.10 Å². The van der Waals surface area contributed by atoms with E-state index >= 15 is 0 Å². The van der Waals surface area contributed by atoms with E-state index in [9.17, 15) is 9.59 Å². The van der Waals surface area contributed by atoms with Crippen molar-refractivity contribution in [2.75, 3.05) is 6.54 Å². The predicted octanol–water partition coefficient (Wildman–Crippen LogP) is 1.66. The van der Waals surface area contributed by atoms with E-state index in [2.05, 4.69) is 39.1 Å². The van der Waals surface area contributed by atoms with E-state index in [4.69, 9.17) is 0 Å². The van der Waals surface area contributed by atoms with Gasteiger partial charge >= 0.3 is 0 Å². The molecule has 4 rings (SSSR count). The van der Waals surface area contributed by atoms with Crippen LogP contribution in [-0.4, -0.2) is 43.1 Å². The lowest BCUT2D eigenvalue weighted by atomic mass is 10.2. The first-order valence-electron chi connectivity index (χ1n) is 9.58. The number of amides is 1. The van der Waals surface area contributed by atoms with Crippen molar-refractivity contribution in [3.8, 4) is 0 Å². The summed E-state index contributed by atoms with van der Waals surface area (Å²) >= 11 is 0. The van der Waals surface area contributed by atoms with Gasteiger partial charge in [-0.05, 0) is 38.5 Å². The number of rotatable bonds is 4. The molecule has 3 aromatic rings. The second-order valence-corrected chi connectivity index (χ2v) is 7.37. The van der Waals surface area contributed by atoms with Gasteiger partial charge in [-0.3, -0.25) is 19.2 Å². The fourth-order valence-electron chi connectivity index (χ4n) is 3.51. The van der Waals surface area contributed by atoms with Gasteiger partial charge in [0.15, 0.2) is 5.69 Å². The van der Waals surface area contributed by atoms with Crippen LogP contribution < -0.4 is 10.9 Å². The van der Waals surface area contributed by atoms with Crippen LogP contribution in [0, 0.1) is 0 Å². The number of nitrogens with one attached hydrogen (secondary N) is 2. The molecule has 146 valence electrons. The van der Waals surface area contributed by atoms with Crippen molar-refractivity contribution in [3.05, 3.63) is 57.9 Å². The Morgan fingerprint density at radius 1 is 1.29 bits per heavy atom. The molecule has 0 spiro atoms. The molecule has 3 heterocycles. The summed E-state index contributed by atoms with van der Waals surface area (Å²) in [6.07, 6.45) is 1.01. The largest absolute Gasteiger partial charge is 0.343 e. The Bertz CT molecular complexity index is 1070. The van der Waals surface area contributed by atoms with Crippen molar-refractivity contribution in [1.29, 1.82) is 0 Å². The van der Waals surface area contributed by atoms with Gasteiger partial charge in [-0.15, -0.1) is 0 Å². The number of carbonyl (C=O) groups excluding carboxylic acids is 1. The lowest BCUT2D eigenvalue weighted by molar-refractivity contribution is 0.0944. The van der Waals surface area contributed by atoms with Gasteiger partial charge in [-0.1, -0.05) is 12.1 Å². The number of aromatic nitrogens is 4. The summed E-state index contributed by atoms with van der Waals surface area (Å²) in [4.78, 5) is 34.2. The number of para-hydroxylation sites is 1. The van der Waals surface area contributed by atoms with E-state index in [1.807, 2.05) is 16.8 Å². The van der Waals surface area contributed by atoms with Crippen molar-refractivity contribution in [1.82, 2.24) is 30.0 Å². The van der Waals surface area contributed by atoms with Crippen molar-refractivity contribution in [2.24, 2.45) is 0 Å². The third kappa shape index (κ3) is 3.68. The molecule has 0 saturated carbocycles. The topological polar surface area (TPSA) is 95.9 Å². The van der Waals surface area contributed by atoms with Crippen molar-refractivity contribution in [2.45, 2.75) is 45.9 Å². The molecule has 28 heavy (non-hydrogen) atoms. The van der Waals surface area contributed by atoms with Crippen LogP contribution >= 0.6 is 0 Å². The number of nitrogens with zero attached hydrogens (tertiary/aromatic N) is 4. The molecular weight excluding hydrogens is 356 g/mol. The maximum Gasteiger partial charge on any atom is 0.272 e. The first kappa shape index (κ1) is 18.4. The molecule has 0 aliphatic carbocycles. The number of aryl methyl sites for hydroxylation is 1. The first-order chi connectivity index (χ1) is 13.5. The molecule has 1 aromatic carbocycles. The van der Waals surface area contributed by atoms with E-state index in [0.717, 1.165) is 31.7 Å². The quantitative estimate of drug-likeness (QED) is 0.718. The predicted molar refractivity (Wildman–Crippen MR) is 106 cm³/mol. The Morgan fingerprint density at radius 3 is 2.93 bits per heavy atom. The molecule has 1 amide bonds. The number of H-pyrrole nitrogens is 1.